The first-order valence-electron chi connectivity index (χ1n) is 12.3. The van der Waals surface area contributed by atoms with Crippen LogP contribution in [0.15, 0.2) is 53.6 Å². The number of amides is 3. The average Bonchev–Trinajstić information content (AvgIpc) is 2.94. The van der Waals surface area contributed by atoms with Gasteiger partial charge in [-0.3, -0.25) is 20.3 Å². The molecule has 0 spiro atoms. The Labute approximate surface area is 248 Å². The summed E-state index contributed by atoms with van der Waals surface area (Å²) in [6.07, 6.45) is -0.529. The van der Waals surface area contributed by atoms with Crippen molar-refractivity contribution in [2.75, 3.05) is 18.6 Å². The molecule has 14 heteroatoms. The largest absolute Gasteiger partial charge is 0.454 e. The Morgan fingerprint density at radius 1 is 1.10 bits per heavy atom. The van der Waals surface area contributed by atoms with Gasteiger partial charge in [-0.1, -0.05) is 29.3 Å². The van der Waals surface area contributed by atoms with Gasteiger partial charge in [-0.25, -0.2) is 13.6 Å². The third-order valence-corrected chi connectivity index (χ3v) is 6.49. The molecule has 0 aromatic heterocycles. The molecule has 0 saturated heterocycles. The van der Waals surface area contributed by atoms with Gasteiger partial charge in [0.15, 0.2) is 17.4 Å². The van der Waals surface area contributed by atoms with Gasteiger partial charge in [-0.15, -0.1) is 0 Å². The van der Waals surface area contributed by atoms with Crippen molar-refractivity contribution in [3.63, 3.8) is 0 Å². The van der Waals surface area contributed by atoms with Crippen LogP contribution in [0.2, 0.25) is 10.0 Å². The van der Waals surface area contributed by atoms with E-state index in [1.165, 1.54) is 18.2 Å². The number of nitriles is 1. The van der Waals surface area contributed by atoms with E-state index in [0.29, 0.717) is 29.8 Å². The molecule has 2 N–H and O–H groups in total. The summed E-state index contributed by atoms with van der Waals surface area (Å²) in [5.41, 5.74) is 3.69. The van der Waals surface area contributed by atoms with Crippen molar-refractivity contribution in [1.82, 2.24) is 10.2 Å². The number of hydrogen-bond donors (Lipinski definition) is 2. The number of nitrogens with zero attached hydrogens (tertiary/aromatic N) is 3. The van der Waals surface area contributed by atoms with E-state index in [-0.39, 0.29) is 40.5 Å². The SMILES string of the molecule is CCOC(=O)NC(=O)C(C#N)=NNc1cc(Cl)c(Oc2ccc3c(c2)CCN(Cc2ccc(F)c(F)c2)C3=O)c(Cl)c1. The molecule has 0 bridgehead atoms. The molecule has 1 aliphatic heterocycles. The van der Waals surface area contributed by atoms with Crippen molar-refractivity contribution >= 4 is 52.5 Å². The van der Waals surface area contributed by atoms with Crippen LogP contribution in [-0.4, -0.2) is 41.7 Å². The van der Waals surface area contributed by atoms with E-state index in [1.807, 2.05) is 5.32 Å². The van der Waals surface area contributed by atoms with E-state index in [9.17, 15) is 28.4 Å². The molecule has 3 aromatic carbocycles. The minimum atomic E-state index is -1.07. The van der Waals surface area contributed by atoms with Crippen LogP contribution in [0.1, 0.15) is 28.4 Å². The molecular weight excluding hydrogens is 595 g/mol. The third kappa shape index (κ3) is 7.12. The number of carbonyl (C=O) groups is 3. The number of imide groups is 1. The Hall–Kier alpha value is -4.73. The summed E-state index contributed by atoms with van der Waals surface area (Å²) in [5, 5.41) is 14.8. The number of fused-ring (bicyclic) bond motifs is 1. The fraction of sp³-hybridized carbons (Fsp3) is 0.179. The first kappa shape index (κ1) is 30.2. The Morgan fingerprint density at radius 3 is 2.50 bits per heavy atom. The Kier molecular flexibility index (Phi) is 9.57. The number of ether oxygens (including phenoxy) is 2. The van der Waals surface area contributed by atoms with Gasteiger partial charge in [0, 0.05) is 18.7 Å². The van der Waals surface area contributed by atoms with Gasteiger partial charge >= 0.3 is 6.09 Å². The topological polar surface area (TPSA) is 133 Å². The maximum absolute atomic E-state index is 13.6. The van der Waals surface area contributed by atoms with Crippen LogP contribution in [0.4, 0.5) is 19.3 Å². The maximum Gasteiger partial charge on any atom is 0.414 e. The Balaban J connectivity index is 1.44. The highest BCUT2D eigenvalue weighted by Crippen LogP contribution is 2.39. The molecule has 3 amide bonds. The fourth-order valence-electron chi connectivity index (χ4n) is 3.99. The molecule has 0 radical (unpaired) electrons. The number of hydrogen-bond acceptors (Lipinski definition) is 8. The molecule has 0 saturated carbocycles. The molecule has 3 aromatic rings. The van der Waals surface area contributed by atoms with Gasteiger partial charge in [-0.05, 0) is 66.9 Å². The highest BCUT2D eigenvalue weighted by molar-refractivity contribution is 6.47. The van der Waals surface area contributed by atoms with E-state index in [1.54, 1.807) is 36.1 Å². The molecule has 1 heterocycles. The Bertz CT molecular complexity index is 1620. The zero-order valence-corrected chi connectivity index (χ0v) is 23.4. The van der Waals surface area contributed by atoms with Crippen molar-refractivity contribution in [3.05, 3.63) is 86.9 Å². The summed E-state index contributed by atoms with van der Waals surface area (Å²) in [4.78, 5) is 38.0. The van der Waals surface area contributed by atoms with E-state index in [0.717, 1.165) is 17.7 Å². The second kappa shape index (κ2) is 13.3. The number of nitrogens with one attached hydrogen (secondary N) is 2. The molecule has 216 valence electrons. The molecule has 0 fully saturated rings. The number of anilines is 1. The third-order valence-electron chi connectivity index (χ3n) is 5.93. The highest BCUT2D eigenvalue weighted by Gasteiger charge is 2.25. The lowest BCUT2D eigenvalue weighted by Crippen LogP contribution is -2.37. The smallest absolute Gasteiger partial charge is 0.414 e. The van der Waals surface area contributed by atoms with Crippen molar-refractivity contribution in [2.24, 2.45) is 5.10 Å². The lowest BCUT2D eigenvalue weighted by molar-refractivity contribution is -0.114. The van der Waals surface area contributed by atoms with E-state index < -0.39 is 29.3 Å². The monoisotopic (exact) mass is 615 g/mol. The minimum absolute atomic E-state index is 0.0338. The molecule has 10 nitrogen and oxygen atoms in total. The fourth-order valence-corrected chi connectivity index (χ4v) is 4.56. The van der Waals surface area contributed by atoms with Crippen LogP contribution < -0.4 is 15.5 Å². The Morgan fingerprint density at radius 2 is 1.83 bits per heavy atom. The van der Waals surface area contributed by atoms with Crippen molar-refractivity contribution in [1.29, 1.82) is 5.26 Å². The van der Waals surface area contributed by atoms with Gasteiger partial charge in [0.2, 0.25) is 5.71 Å². The van der Waals surface area contributed by atoms with Crippen LogP contribution >= 0.6 is 23.2 Å². The van der Waals surface area contributed by atoms with Crippen molar-refractivity contribution < 1.29 is 32.6 Å². The summed E-state index contributed by atoms with van der Waals surface area (Å²) in [7, 11) is 0. The predicted molar refractivity (Wildman–Crippen MR) is 150 cm³/mol. The van der Waals surface area contributed by atoms with Crippen LogP contribution in [0.3, 0.4) is 0 Å². The molecule has 0 unspecified atom stereocenters. The predicted octanol–water partition coefficient (Wildman–Crippen LogP) is 5.83. The van der Waals surface area contributed by atoms with Gasteiger partial charge in [-0.2, -0.15) is 10.4 Å². The molecule has 1 aliphatic rings. The number of benzene rings is 3. The quantitative estimate of drug-likeness (QED) is 0.241. The van der Waals surface area contributed by atoms with E-state index in [2.05, 4.69) is 15.3 Å². The molecule has 0 atom stereocenters. The minimum Gasteiger partial charge on any atom is -0.454 e. The van der Waals surface area contributed by atoms with Gasteiger partial charge in [0.05, 0.1) is 22.3 Å². The number of carbonyl (C=O) groups excluding carboxylic acids is 3. The van der Waals surface area contributed by atoms with Crippen LogP contribution in [0.5, 0.6) is 11.5 Å². The first-order valence-corrected chi connectivity index (χ1v) is 13.1. The summed E-state index contributed by atoms with van der Waals surface area (Å²) in [5.74, 6) is -2.79. The number of rotatable bonds is 8. The normalized spacial score (nSPS) is 12.7. The zero-order valence-electron chi connectivity index (χ0n) is 21.8. The summed E-state index contributed by atoms with van der Waals surface area (Å²) >= 11 is 12.7. The summed E-state index contributed by atoms with van der Waals surface area (Å²) in [6, 6.07) is 12.7. The standard InChI is InChI=1S/C28H21Cl2F2N5O5/c1-2-41-28(40)34-26(38)24(13-33)36-35-17-11-20(29)25(21(30)12-17)42-18-4-5-19-16(10-18)7-8-37(27(19)39)14-15-3-6-22(31)23(32)9-15/h3-6,9-12,35H,2,7-8,14H2,1H3,(H,34,38,40). The van der Waals surface area contributed by atoms with Gasteiger partial charge < -0.3 is 14.4 Å². The molecule has 0 aliphatic carbocycles. The number of hydrazone groups is 1. The second-order valence-electron chi connectivity index (χ2n) is 8.77. The lowest BCUT2D eigenvalue weighted by Gasteiger charge is -2.29. The molecule has 4 rings (SSSR count). The second-order valence-corrected chi connectivity index (χ2v) is 9.59. The van der Waals surface area contributed by atoms with E-state index in [4.69, 9.17) is 27.9 Å². The van der Waals surface area contributed by atoms with Crippen LogP contribution in [0, 0.1) is 23.0 Å². The van der Waals surface area contributed by atoms with Crippen LogP contribution in [-0.2, 0) is 22.5 Å². The maximum atomic E-state index is 13.6. The van der Waals surface area contributed by atoms with Crippen LogP contribution in [0.25, 0.3) is 0 Å². The van der Waals surface area contributed by atoms with Gasteiger partial charge in [0.25, 0.3) is 11.8 Å². The molecular formula is C28H21Cl2F2N5O5. The van der Waals surface area contributed by atoms with Gasteiger partial charge in [0.1, 0.15) is 11.8 Å². The summed E-state index contributed by atoms with van der Waals surface area (Å²) in [6.45, 7) is 2.08. The zero-order chi connectivity index (χ0) is 30.4. The molecule has 42 heavy (non-hydrogen) atoms. The first-order chi connectivity index (χ1) is 20.1. The van der Waals surface area contributed by atoms with Crippen molar-refractivity contribution in [2.45, 2.75) is 19.9 Å². The average molecular weight is 616 g/mol. The number of alkyl carbamates (subject to hydrolysis) is 1. The highest BCUT2D eigenvalue weighted by atomic mass is 35.5. The number of halogens is 4. The van der Waals surface area contributed by atoms with E-state index >= 15 is 0 Å². The van der Waals surface area contributed by atoms with Crippen molar-refractivity contribution in [3.8, 4) is 17.6 Å². The summed E-state index contributed by atoms with van der Waals surface area (Å²) < 4.78 is 37.3. The lowest BCUT2D eigenvalue weighted by atomic mass is 9.98.